The van der Waals surface area contributed by atoms with E-state index >= 15 is 0 Å². The second-order valence-electron chi connectivity index (χ2n) is 9.93. The molecule has 168 valence electrons. The van der Waals surface area contributed by atoms with Gasteiger partial charge < -0.3 is 4.74 Å². The highest BCUT2D eigenvalue weighted by Crippen LogP contribution is 2.48. The van der Waals surface area contributed by atoms with Gasteiger partial charge in [-0.1, -0.05) is 0 Å². The zero-order valence-corrected chi connectivity index (χ0v) is 19.8. The fourth-order valence-electron chi connectivity index (χ4n) is 6.42. The maximum Gasteiger partial charge on any atom is 0.213 e. The minimum atomic E-state index is 0.621. The number of benzene rings is 1. The Morgan fingerprint density at radius 2 is 2.00 bits per heavy atom. The smallest absolute Gasteiger partial charge is 0.213 e. The molecule has 0 radical (unpaired) electrons. The molecule has 32 heavy (non-hydrogen) atoms. The van der Waals surface area contributed by atoms with Crippen molar-refractivity contribution in [2.45, 2.75) is 44.6 Å². The Bertz CT molecular complexity index is 1110. The zero-order valence-electron chi connectivity index (χ0n) is 19.0. The predicted octanol–water partition coefficient (Wildman–Crippen LogP) is 5.26. The summed E-state index contributed by atoms with van der Waals surface area (Å²) in [6, 6.07) is 9.52. The van der Waals surface area contributed by atoms with Gasteiger partial charge in [0.25, 0.3) is 0 Å². The van der Waals surface area contributed by atoms with Crippen LogP contribution >= 0.6 is 11.8 Å². The van der Waals surface area contributed by atoms with Crippen LogP contribution in [0.25, 0.3) is 22.2 Å². The van der Waals surface area contributed by atoms with E-state index in [1.807, 2.05) is 12.1 Å². The third kappa shape index (κ3) is 3.61. The Hall–Kier alpha value is -2.05. The summed E-state index contributed by atoms with van der Waals surface area (Å²) in [5.41, 5.74) is 6.06. The molecular formula is C26H32N4OS. The van der Waals surface area contributed by atoms with Crippen LogP contribution in [-0.2, 0) is 0 Å². The molecule has 0 spiro atoms. The number of methoxy groups -OCH3 is 1. The molecule has 3 fully saturated rings. The van der Waals surface area contributed by atoms with E-state index in [1.165, 1.54) is 66.8 Å². The summed E-state index contributed by atoms with van der Waals surface area (Å²) < 4.78 is 5.33. The number of hydrogen-bond acceptors (Lipinski definition) is 5. The number of nitrogens with one attached hydrogen (secondary N) is 1. The van der Waals surface area contributed by atoms with Crippen molar-refractivity contribution in [3.05, 3.63) is 41.6 Å². The number of aryl methyl sites for hydroxylation is 1. The van der Waals surface area contributed by atoms with Crippen LogP contribution in [0.2, 0.25) is 0 Å². The minimum Gasteiger partial charge on any atom is -0.481 e. The number of thioether (sulfide) groups is 1. The van der Waals surface area contributed by atoms with E-state index in [4.69, 9.17) is 4.74 Å². The fourth-order valence-corrected chi connectivity index (χ4v) is 7.60. The van der Waals surface area contributed by atoms with Crippen molar-refractivity contribution in [1.29, 1.82) is 0 Å². The van der Waals surface area contributed by atoms with Crippen molar-refractivity contribution in [3.63, 3.8) is 0 Å². The monoisotopic (exact) mass is 448 g/mol. The number of rotatable bonds is 4. The molecule has 3 aliphatic rings. The summed E-state index contributed by atoms with van der Waals surface area (Å²) in [6.45, 7) is 4.91. The van der Waals surface area contributed by atoms with Crippen LogP contribution in [-0.4, -0.2) is 57.8 Å². The molecule has 1 aromatic carbocycles. The molecule has 1 N–H and O–H groups in total. The standard InChI is InChI=1S/C26H32N4OS/c1-16-8-24-23(26(29-28-24)17-5-6-27-25(11-17)31-2)12-22(16)18-9-19-13-30(14-20(19)10-18)21-4-3-7-32-15-21/h5-6,8,11-12,18-21H,3-4,7,9-10,13-15H2,1-2H3,(H,28,29)/t18?,19-,20+,21?. The maximum atomic E-state index is 5.33. The summed E-state index contributed by atoms with van der Waals surface area (Å²) in [5, 5.41) is 9.10. The SMILES string of the molecule is COc1cc(-c2n[nH]c3cc(C)c(C4C[C@@H]5CN(C6CCCSC6)C[C@@H]5C4)cc23)ccn1. The van der Waals surface area contributed by atoms with Crippen molar-refractivity contribution in [2.24, 2.45) is 11.8 Å². The molecule has 2 saturated heterocycles. The Balaban J connectivity index is 1.25. The van der Waals surface area contributed by atoms with Crippen molar-refractivity contribution in [1.82, 2.24) is 20.1 Å². The molecule has 6 rings (SSSR count). The van der Waals surface area contributed by atoms with Gasteiger partial charge in [0, 0.05) is 48.1 Å². The number of nitrogens with zero attached hydrogens (tertiary/aromatic N) is 3. The van der Waals surface area contributed by atoms with Crippen LogP contribution in [0.3, 0.4) is 0 Å². The lowest BCUT2D eigenvalue weighted by Crippen LogP contribution is -2.37. The van der Waals surface area contributed by atoms with E-state index in [1.54, 1.807) is 13.3 Å². The van der Waals surface area contributed by atoms with Crippen LogP contribution in [0, 0.1) is 18.8 Å². The van der Waals surface area contributed by atoms with E-state index < -0.39 is 0 Å². The summed E-state index contributed by atoms with van der Waals surface area (Å²) in [7, 11) is 1.65. The van der Waals surface area contributed by atoms with Gasteiger partial charge in [0.15, 0.2) is 0 Å². The third-order valence-electron chi connectivity index (χ3n) is 8.04. The minimum absolute atomic E-state index is 0.621. The highest BCUT2D eigenvalue weighted by molar-refractivity contribution is 7.99. The molecule has 5 nitrogen and oxygen atoms in total. The highest BCUT2D eigenvalue weighted by Gasteiger charge is 2.43. The van der Waals surface area contributed by atoms with E-state index in [-0.39, 0.29) is 0 Å². The third-order valence-corrected chi connectivity index (χ3v) is 9.24. The Morgan fingerprint density at radius 3 is 2.75 bits per heavy atom. The lowest BCUT2D eigenvalue weighted by Gasteiger charge is -2.31. The van der Waals surface area contributed by atoms with E-state index in [2.05, 4.69) is 50.9 Å². The van der Waals surface area contributed by atoms with Gasteiger partial charge in [-0.05, 0) is 85.4 Å². The van der Waals surface area contributed by atoms with E-state index in [9.17, 15) is 0 Å². The summed E-state index contributed by atoms with van der Waals surface area (Å²) in [6.07, 6.45) is 7.28. The van der Waals surface area contributed by atoms with Crippen molar-refractivity contribution in [3.8, 4) is 17.1 Å². The molecular weight excluding hydrogens is 416 g/mol. The van der Waals surface area contributed by atoms with Gasteiger partial charge in [0.2, 0.25) is 5.88 Å². The largest absolute Gasteiger partial charge is 0.481 e. The maximum absolute atomic E-state index is 5.33. The van der Waals surface area contributed by atoms with Crippen LogP contribution in [0.1, 0.15) is 42.7 Å². The first-order chi connectivity index (χ1) is 15.7. The van der Waals surface area contributed by atoms with Gasteiger partial charge in [-0.2, -0.15) is 16.9 Å². The second kappa shape index (κ2) is 8.38. The van der Waals surface area contributed by atoms with Crippen molar-refractivity contribution in [2.75, 3.05) is 31.7 Å². The Labute approximate surface area is 194 Å². The molecule has 2 aliphatic heterocycles. The highest BCUT2D eigenvalue weighted by atomic mass is 32.2. The van der Waals surface area contributed by atoms with Gasteiger partial charge in [-0.25, -0.2) is 4.98 Å². The van der Waals surface area contributed by atoms with Crippen LogP contribution < -0.4 is 4.74 Å². The lowest BCUT2D eigenvalue weighted by molar-refractivity contribution is 0.226. The molecule has 4 heterocycles. The summed E-state index contributed by atoms with van der Waals surface area (Å²) in [5.74, 6) is 5.75. The van der Waals surface area contributed by atoms with E-state index in [0.717, 1.165) is 34.7 Å². The van der Waals surface area contributed by atoms with Gasteiger partial charge >= 0.3 is 0 Å². The number of aromatic amines is 1. The van der Waals surface area contributed by atoms with Gasteiger partial charge in [-0.15, -0.1) is 0 Å². The van der Waals surface area contributed by atoms with E-state index in [0.29, 0.717) is 11.8 Å². The average molecular weight is 449 g/mol. The molecule has 6 heteroatoms. The average Bonchev–Trinajstić information content (AvgIpc) is 3.52. The molecule has 1 aliphatic carbocycles. The number of H-pyrrole nitrogens is 1. The first-order valence-electron chi connectivity index (χ1n) is 12.0. The molecule has 2 unspecified atom stereocenters. The quantitative estimate of drug-likeness (QED) is 0.590. The molecule has 4 atom stereocenters. The number of ether oxygens (including phenoxy) is 1. The van der Waals surface area contributed by atoms with Crippen LogP contribution in [0.15, 0.2) is 30.5 Å². The second-order valence-corrected chi connectivity index (χ2v) is 11.1. The Kier molecular flexibility index (Phi) is 5.38. The molecule has 0 bridgehead atoms. The van der Waals surface area contributed by atoms with Crippen molar-refractivity contribution < 1.29 is 4.74 Å². The number of pyridine rings is 1. The topological polar surface area (TPSA) is 54.0 Å². The normalized spacial score (nSPS) is 28.3. The molecule has 1 saturated carbocycles. The first-order valence-corrected chi connectivity index (χ1v) is 13.2. The molecule has 0 amide bonds. The zero-order chi connectivity index (χ0) is 21.7. The lowest BCUT2D eigenvalue weighted by atomic mass is 9.90. The first kappa shape index (κ1) is 20.5. The Morgan fingerprint density at radius 1 is 1.16 bits per heavy atom. The number of fused-ring (bicyclic) bond motifs is 2. The summed E-state index contributed by atoms with van der Waals surface area (Å²) >= 11 is 2.16. The summed E-state index contributed by atoms with van der Waals surface area (Å²) in [4.78, 5) is 7.08. The molecule has 3 aromatic rings. The molecule has 2 aromatic heterocycles. The van der Waals surface area contributed by atoms with Gasteiger partial charge in [0.1, 0.15) is 5.69 Å². The van der Waals surface area contributed by atoms with Crippen LogP contribution in [0.5, 0.6) is 5.88 Å². The number of hydrogen-bond donors (Lipinski definition) is 1. The fraction of sp³-hybridized carbons (Fsp3) is 0.538. The van der Waals surface area contributed by atoms with Gasteiger partial charge in [0.05, 0.1) is 12.6 Å². The van der Waals surface area contributed by atoms with Crippen LogP contribution in [0.4, 0.5) is 0 Å². The van der Waals surface area contributed by atoms with Gasteiger partial charge in [-0.3, -0.25) is 10.00 Å². The van der Waals surface area contributed by atoms with Crippen molar-refractivity contribution >= 4 is 22.7 Å². The number of likely N-dealkylation sites (tertiary alicyclic amines) is 1. The number of aromatic nitrogens is 3. The predicted molar refractivity (Wildman–Crippen MR) is 131 cm³/mol.